The minimum Gasteiger partial charge on any atom is -0.318 e. The predicted molar refractivity (Wildman–Crippen MR) is 97.4 cm³/mol. The van der Waals surface area contributed by atoms with Gasteiger partial charge in [-0.05, 0) is 36.6 Å². The summed E-state index contributed by atoms with van der Waals surface area (Å²) in [6, 6.07) is 11.2. The lowest BCUT2D eigenvalue weighted by molar-refractivity contribution is 0.101. The Morgan fingerprint density at radius 2 is 1.96 bits per heavy atom. The van der Waals surface area contributed by atoms with Crippen LogP contribution in [0.15, 0.2) is 42.6 Å². The second kappa shape index (κ2) is 7.03. The van der Waals surface area contributed by atoms with Crippen LogP contribution in [0.25, 0.3) is 5.69 Å². The van der Waals surface area contributed by atoms with E-state index in [-0.39, 0.29) is 5.82 Å². The zero-order valence-electron chi connectivity index (χ0n) is 14.2. The number of pyridine rings is 1. The Balaban J connectivity index is 1.90. The number of rotatable bonds is 4. The molecular weight excluding hydrogens is 338 g/mol. The summed E-state index contributed by atoms with van der Waals surface area (Å²) >= 11 is 5.75. The molecule has 128 valence electrons. The van der Waals surface area contributed by atoms with Crippen LogP contribution >= 0.6 is 11.6 Å². The maximum absolute atomic E-state index is 12.4. The first-order chi connectivity index (χ1) is 12.0. The minimum absolute atomic E-state index is 0.103. The molecule has 0 radical (unpaired) electrons. The first-order valence-electron chi connectivity index (χ1n) is 7.91. The van der Waals surface area contributed by atoms with Gasteiger partial charge in [-0.25, -0.2) is 14.6 Å². The van der Waals surface area contributed by atoms with Crippen molar-refractivity contribution in [2.24, 2.45) is 0 Å². The molecule has 0 fully saturated rings. The summed E-state index contributed by atoms with van der Waals surface area (Å²) in [6.45, 7) is 6.06. The van der Waals surface area contributed by atoms with Gasteiger partial charge in [0, 0.05) is 0 Å². The van der Waals surface area contributed by atoms with Gasteiger partial charge < -0.3 is 5.32 Å². The average molecular weight is 356 g/mol. The molecule has 1 N–H and O–H groups in total. The van der Waals surface area contributed by atoms with E-state index < -0.39 is 5.91 Å². The number of hydrogen-bond acceptors (Lipinski definition) is 4. The number of aryl methyl sites for hydroxylation is 1. The summed E-state index contributed by atoms with van der Waals surface area (Å²) in [4.78, 5) is 20.6. The van der Waals surface area contributed by atoms with E-state index in [1.807, 2.05) is 25.1 Å². The highest BCUT2D eigenvalue weighted by molar-refractivity contribution is 6.29. The SMILES string of the molecule is Cc1nc(C(=O)Nc2ccc(Cl)nc2)nn1-c1ccccc1C(C)C. The predicted octanol–water partition coefficient (Wildman–Crippen LogP) is 4.00. The van der Waals surface area contributed by atoms with Gasteiger partial charge in [-0.15, -0.1) is 5.10 Å². The lowest BCUT2D eigenvalue weighted by Gasteiger charge is -2.12. The number of para-hydroxylation sites is 1. The number of halogens is 1. The molecule has 1 amide bonds. The Morgan fingerprint density at radius 1 is 1.20 bits per heavy atom. The molecule has 1 aromatic carbocycles. The molecule has 2 aromatic heterocycles. The number of nitrogens with one attached hydrogen (secondary N) is 1. The fraction of sp³-hybridized carbons (Fsp3) is 0.222. The van der Waals surface area contributed by atoms with Crippen molar-refractivity contribution in [3.05, 3.63) is 65.0 Å². The fourth-order valence-electron chi connectivity index (χ4n) is 2.52. The molecule has 0 unspecified atom stereocenters. The number of hydrogen-bond donors (Lipinski definition) is 1. The van der Waals surface area contributed by atoms with Crippen molar-refractivity contribution in [3.8, 4) is 5.69 Å². The highest BCUT2D eigenvalue weighted by atomic mass is 35.5. The molecule has 0 aliphatic heterocycles. The number of carbonyl (C=O) groups is 1. The molecule has 0 aliphatic carbocycles. The lowest BCUT2D eigenvalue weighted by Crippen LogP contribution is -2.14. The summed E-state index contributed by atoms with van der Waals surface area (Å²) in [6.07, 6.45) is 1.48. The van der Waals surface area contributed by atoms with Crippen molar-refractivity contribution >= 4 is 23.2 Å². The van der Waals surface area contributed by atoms with Crippen LogP contribution < -0.4 is 5.32 Å². The number of carbonyl (C=O) groups excluding carboxylic acids is 1. The number of nitrogens with zero attached hydrogens (tertiary/aromatic N) is 4. The third-order valence-electron chi connectivity index (χ3n) is 3.74. The Bertz CT molecular complexity index is 902. The smallest absolute Gasteiger partial charge is 0.295 e. The van der Waals surface area contributed by atoms with Gasteiger partial charge in [0.2, 0.25) is 5.82 Å². The summed E-state index contributed by atoms with van der Waals surface area (Å²) in [5.74, 6) is 0.684. The zero-order valence-corrected chi connectivity index (χ0v) is 14.9. The summed E-state index contributed by atoms with van der Waals surface area (Å²) in [5, 5.41) is 7.46. The topological polar surface area (TPSA) is 72.7 Å². The van der Waals surface area contributed by atoms with Crippen molar-refractivity contribution < 1.29 is 4.79 Å². The summed E-state index contributed by atoms with van der Waals surface area (Å²) in [7, 11) is 0. The van der Waals surface area contributed by atoms with Gasteiger partial charge >= 0.3 is 0 Å². The van der Waals surface area contributed by atoms with E-state index in [1.165, 1.54) is 6.20 Å². The molecule has 6 nitrogen and oxygen atoms in total. The second-order valence-corrected chi connectivity index (χ2v) is 6.32. The van der Waals surface area contributed by atoms with Crippen LogP contribution in [0.1, 0.15) is 41.8 Å². The Hall–Kier alpha value is -2.73. The van der Waals surface area contributed by atoms with Gasteiger partial charge in [0.05, 0.1) is 17.6 Å². The van der Waals surface area contributed by atoms with Gasteiger partial charge in [0.25, 0.3) is 5.91 Å². The first-order valence-corrected chi connectivity index (χ1v) is 8.29. The first kappa shape index (κ1) is 17.1. The van der Waals surface area contributed by atoms with E-state index in [4.69, 9.17) is 11.6 Å². The van der Waals surface area contributed by atoms with Crippen LogP contribution in [0.4, 0.5) is 5.69 Å². The van der Waals surface area contributed by atoms with Crippen LogP contribution in [0.5, 0.6) is 0 Å². The van der Waals surface area contributed by atoms with Crippen LogP contribution in [0.2, 0.25) is 5.15 Å². The number of benzene rings is 1. The normalized spacial score (nSPS) is 10.9. The maximum Gasteiger partial charge on any atom is 0.295 e. The molecule has 25 heavy (non-hydrogen) atoms. The number of anilines is 1. The molecule has 2 heterocycles. The third kappa shape index (κ3) is 3.69. The van der Waals surface area contributed by atoms with E-state index >= 15 is 0 Å². The lowest BCUT2D eigenvalue weighted by atomic mass is 10.0. The molecule has 3 aromatic rings. The zero-order chi connectivity index (χ0) is 18.0. The van der Waals surface area contributed by atoms with Gasteiger partial charge in [-0.1, -0.05) is 43.6 Å². The van der Waals surface area contributed by atoms with E-state index in [9.17, 15) is 4.79 Å². The molecular formula is C18H18ClN5O. The van der Waals surface area contributed by atoms with Crippen LogP contribution in [-0.4, -0.2) is 25.7 Å². The van der Waals surface area contributed by atoms with Gasteiger partial charge in [0.15, 0.2) is 0 Å². The van der Waals surface area contributed by atoms with E-state index in [0.717, 1.165) is 11.3 Å². The summed E-state index contributed by atoms with van der Waals surface area (Å²) < 4.78 is 1.70. The quantitative estimate of drug-likeness (QED) is 0.718. The molecule has 3 rings (SSSR count). The van der Waals surface area contributed by atoms with Gasteiger partial charge in [-0.3, -0.25) is 4.79 Å². The number of aromatic nitrogens is 4. The Kier molecular flexibility index (Phi) is 4.81. The maximum atomic E-state index is 12.4. The van der Waals surface area contributed by atoms with E-state index in [0.29, 0.717) is 22.6 Å². The third-order valence-corrected chi connectivity index (χ3v) is 3.97. The average Bonchev–Trinajstić information content (AvgIpc) is 2.98. The Morgan fingerprint density at radius 3 is 2.64 bits per heavy atom. The van der Waals surface area contributed by atoms with E-state index in [2.05, 4.69) is 40.3 Å². The van der Waals surface area contributed by atoms with E-state index in [1.54, 1.807) is 16.8 Å². The summed E-state index contributed by atoms with van der Waals surface area (Å²) in [5.41, 5.74) is 2.60. The molecule has 0 aliphatic rings. The molecule has 7 heteroatoms. The fourth-order valence-corrected chi connectivity index (χ4v) is 2.63. The van der Waals surface area contributed by atoms with Crippen molar-refractivity contribution in [1.82, 2.24) is 19.7 Å². The Labute approximate surface area is 150 Å². The minimum atomic E-state index is -0.395. The van der Waals surface area contributed by atoms with Crippen LogP contribution in [0, 0.1) is 6.92 Å². The molecule has 0 atom stereocenters. The van der Waals surface area contributed by atoms with Crippen LogP contribution in [0.3, 0.4) is 0 Å². The van der Waals surface area contributed by atoms with Gasteiger partial charge in [-0.2, -0.15) is 0 Å². The van der Waals surface area contributed by atoms with Crippen molar-refractivity contribution in [2.75, 3.05) is 5.32 Å². The highest BCUT2D eigenvalue weighted by Gasteiger charge is 2.17. The highest BCUT2D eigenvalue weighted by Crippen LogP contribution is 2.23. The standard InChI is InChI=1S/C18H18ClN5O/c1-11(2)14-6-4-5-7-15(14)24-12(3)21-17(23-24)18(25)22-13-8-9-16(19)20-10-13/h4-11H,1-3H3,(H,22,25). The van der Waals surface area contributed by atoms with Crippen LogP contribution in [-0.2, 0) is 0 Å². The van der Waals surface area contributed by atoms with Crippen molar-refractivity contribution in [3.63, 3.8) is 0 Å². The van der Waals surface area contributed by atoms with Crippen molar-refractivity contribution in [2.45, 2.75) is 26.7 Å². The monoisotopic (exact) mass is 355 g/mol. The largest absolute Gasteiger partial charge is 0.318 e. The molecule has 0 bridgehead atoms. The second-order valence-electron chi connectivity index (χ2n) is 5.93. The molecule has 0 saturated carbocycles. The van der Waals surface area contributed by atoms with Crippen molar-refractivity contribution in [1.29, 1.82) is 0 Å². The molecule has 0 saturated heterocycles. The van der Waals surface area contributed by atoms with Gasteiger partial charge in [0.1, 0.15) is 11.0 Å². The number of amides is 1. The molecule has 0 spiro atoms.